The number of aliphatic carboxylic acids is 1. The molecule has 2 amide bonds. The number of Topliss-reactive ketones (excluding diaryl/α,β-unsaturated/α-hetero) is 1. The molecule has 1 aromatic rings. The van der Waals surface area contributed by atoms with Gasteiger partial charge in [0.15, 0.2) is 0 Å². The summed E-state index contributed by atoms with van der Waals surface area (Å²) in [4.78, 5) is 46.5. The van der Waals surface area contributed by atoms with E-state index in [2.05, 4.69) is 0 Å². The maximum Gasteiger partial charge on any atom is 0.374 e. The fraction of sp³-hybridized carbons (Fsp3) is 0.167. The SMILES string of the molecule is C[C@@H](C(=O)C(=O)O)N1C(=O)c2ccccc2C1=O. The zero-order valence-electron chi connectivity index (χ0n) is 9.41. The predicted molar refractivity (Wildman–Crippen MR) is 59.0 cm³/mol. The highest BCUT2D eigenvalue weighted by atomic mass is 16.4. The lowest BCUT2D eigenvalue weighted by Crippen LogP contribution is -2.45. The van der Waals surface area contributed by atoms with E-state index < -0.39 is 29.6 Å². The van der Waals surface area contributed by atoms with Crippen LogP contribution in [0.15, 0.2) is 24.3 Å². The van der Waals surface area contributed by atoms with Crippen LogP contribution in [-0.2, 0) is 9.59 Å². The van der Waals surface area contributed by atoms with E-state index in [1.807, 2.05) is 0 Å². The largest absolute Gasteiger partial charge is 0.475 e. The Balaban J connectivity index is 2.40. The Labute approximate surface area is 102 Å². The Hall–Kier alpha value is -2.50. The van der Waals surface area contributed by atoms with Crippen LogP contribution in [0.3, 0.4) is 0 Å². The summed E-state index contributed by atoms with van der Waals surface area (Å²) in [6, 6.07) is 4.81. The summed E-state index contributed by atoms with van der Waals surface area (Å²) in [5, 5.41) is 8.60. The molecule has 1 N–H and O–H groups in total. The van der Waals surface area contributed by atoms with Gasteiger partial charge < -0.3 is 5.11 Å². The third kappa shape index (κ3) is 1.58. The van der Waals surface area contributed by atoms with Crippen molar-refractivity contribution in [1.29, 1.82) is 0 Å². The molecule has 0 radical (unpaired) electrons. The topological polar surface area (TPSA) is 91.8 Å². The predicted octanol–water partition coefficient (Wildman–Crippen LogP) is 0.325. The van der Waals surface area contributed by atoms with Crippen molar-refractivity contribution in [2.45, 2.75) is 13.0 Å². The summed E-state index contributed by atoms with van der Waals surface area (Å²) < 4.78 is 0. The monoisotopic (exact) mass is 247 g/mol. The van der Waals surface area contributed by atoms with Crippen LogP contribution < -0.4 is 0 Å². The molecule has 6 nitrogen and oxygen atoms in total. The van der Waals surface area contributed by atoms with E-state index >= 15 is 0 Å². The average Bonchev–Trinajstić information content (AvgIpc) is 2.61. The number of hydrogen-bond acceptors (Lipinski definition) is 4. The van der Waals surface area contributed by atoms with Crippen LogP contribution in [0.5, 0.6) is 0 Å². The molecule has 92 valence electrons. The van der Waals surface area contributed by atoms with Gasteiger partial charge in [-0.2, -0.15) is 0 Å². The Morgan fingerprint density at radius 2 is 1.56 bits per heavy atom. The molecule has 1 aromatic carbocycles. The second-order valence-electron chi connectivity index (χ2n) is 3.87. The van der Waals surface area contributed by atoms with Crippen molar-refractivity contribution >= 4 is 23.6 Å². The van der Waals surface area contributed by atoms with Gasteiger partial charge in [0.05, 0.1) is 11.1 Å². The molecule has 0 saturated heterocycles. The first kappa shape index (κ1) is 12.0. The van der Waals surface area contributed by atoms with Crippen molar-refractivity contribution in [3.05, 3.63) is 35.4 Å². The highest BCUT2D eigenvalue weighted by Crippen LogP contribution is 2.24. The second-order valence-corrected chi connectivity index (χ2v) is 3.87. The van der Waals surface area contributed by atoms with Crippen molar-refractivity contribution in [1.82, 2.24) is 4.90 Å². The van der Waals surface area contributed by atoms with Gasteiger partial charge in [0.2, 0.25) is 0 Å². The molecule has 1 aliphatic rings. The van der Waals surface area contributed by atoms with Gasteiger partial charge in [-0.15, -0.1) is 0 Å². The third-order valence-corrected chi connectivity index (χ3v) is 2.80. The van der Waals surface area contributed by atoms with Gasteiger partial charge in [0, 0.05) is 0 Å². The average molecular weight is 247 g/mol. The van der Waals surface area contributed by atoms with Crippen LogP contribution in [0.1, 0.15) is 27.6 Å². The number of carboxylic acids is 1. The molecule has 0 aromatic heterocycles. The van der Waals surface area contributed by atoms with Crippen molar-refractivity contribution in [2.75, 3.05) is 0 Å². The summed E-state index contributed by atoms with van der Waals surface area (Å²) in [7, 11) is 0. The normalized spacial score (nSPS) is 15.5. The van der Waals surface area contributed by atoms with Crippen LogP contribution in [0.25, 0.3) is 0 Å². The molecule has 2 rings (SSSR count). The zero-order chi connectivity index (χ0) is 13.4. The number of amides is 2. The molecule has 1 aliphatic heterocycles. The first-order valence-electron chi connectivity index (χ1n) is 5.19. The van der Waals surface area contributed by atoms with Gasteiger partial charge in [-0.05, 0) is 19.1 Å². The number of fused-ring (bicyclic) bond motifs is 1. The van der Waals surface area contributed by atoms with E-state index in [9.17, 15) is 19.2 Å². The first-order valence-corrected chi connectivity index (χ1v) is 5.19. The number of rotatable bonds is 3. The van der Waals surface area contributed by atoms with Gasteiger partial charge in [-0.3, -0.25) is 19.3 Å². The van der Waals surface area contributed by atoms with Crippen LogP contribution in [0, 0.1) is 0 Å². The van der Waals surface area contributed by atoms with E-state index in [0.717, 1.165) is 0 Å². The maximum atomic E-state index is 11.9. The highest BCUT2D eigenvalue weighted by molar-refractivity contribution is 6.36. The number of hydrogen-bond donors (Lipinski definition) is 1. The molecule has 1 atom stereocenters. The second kappa shape index (κ2) is 4.06. The minimum absolute atomic E-state index is 0.188. The van der Waals surface area contributed by atoms with E-state index in [1.54, 1.807) is 12.1 Å². The minimum Gasteiger partial charge on any atom is -0.475 e. The number of carboxylic acid groups (broad SMARTS) is 1. The number of ketones is 1. The lowest BCUT2D eigenvalue weighted by atomic mass is 10.1. The lowest BCUT2D eigenvalue weighted by molar-refractivity contribution is -0.150. The number of benzene rings is 1. The molecular weight excluding hydrogens is 238 g/mol. The third-order valence-electron chi connectivity index (χ3n) is 2.80. The molecule has 0 spiro atoms. The molecule has 6 heteroatoms. The van der Waals surface area contributed by atoms with Crippen LogP contribution >= 0.6 is 0 Å². The van der Waals surface area contributed by atoms with E-state index in [-0.39, 0.29) is 11.1 Å². The molecule has 1 heterocycles. The molecule has 18 heavy (non-hydrogen) atoms. The van der Waals surface area contributed by atoms with E-state index in [0.29, 0.717) is 4.90 Å². The standard InChI is InChI=1S/C12H9NO5/c1-6(9(14)12(17)18)13-10(15)7-4-2-3-5-8(7)11(13)16/h2-6H,1H3,(H,17,18)/t6-/m0/s1. The number of imide groups is 1. The Bertz CT molecular complexity index is 543. The summed E-state index contributed by atoms with van der Waals surface area (Å²) in [5.41, 5.74) is 0.375. The lowest BCUT2D eigenvalue weighted by Gasteiger charge is -2.19. The molecule has 0 unspecified atom stereocenters. The minimum atomic E-state index is -1.67. The maximum absolute atomic E-state index is 11.9. The number of carbonyl (C=O) groups excluding carboxylic acids is 3. The van der Waals surface area contributed by atoms with Gasteiger partial charge in [-0.25, -0.2) is 4.79 Å². The molecular formula is C12H9NO5. The quantitative estimate of drug-likeness (QED) is 0.613. The highest BCUT2D eigenvalue weighted by Gasteiger charge is 2.41. The Morgan fingerprint density at radius 3 is 1.94 bits per heavy atom. The fourth-order valence-electron chi connectivity index (χ4n) is 1.86. The Morgan fingerprint density at radius 1 is 1.11 bits per heavy atom. The summed E-state index contributed by atoms with van der Waals surface area (Å²) in [5.74, 6) is -4.14. The van der Waals surface area contributed by atoms with Crippen molar-refractivity contribution in [3.8, 4) is 0 Å². The first-order chi connectivity index (χ1) is 8.45. The Kier molecular flexibility index (Phi) is 2.70. The van der Waals surface area contributed by atoms with Gasteiger partial charge in [-0.1, -0.05) is 12.1 Å². The molecule has 0 fully saturated rings. The summed E-state index contributed by atoms with van der Waals surface area (Å²) >= 11 is 0. The van der Waals surface area contributed by atoms with Crippen molar-refractivity contribution < 1.29 is 24.3 Å². The molecule has 0 aliphatic carbocycles. The van der Waals surface area contributed by atoms with Crippen molar-refractivity contribution in [3.63, 3.8) is 0 Å². The van der Waals surface area contributed by atoms with Gasteiger partial charge in [0.1, 0.15) is 6.04 Å². The smallest absolute Gasteiger partial charge is 0.374 e. The number of carbonyl (C=O) groups is 4. The van der Waals surface area contributed by atoms with E-state index in [4.69, 9.17) is 5.11 Å². The van der Waals surface area contributed by atoms with Gasteiger partial charge in [0.25, 0.3) is 17.6 Å². The molecule has 0 saturated carbocycles. The summed E-state index contributed by atoms with van der Waals surface area (Å²) in [6.45, 7) is 1.22. The fourth-order valence-corrected chi connectivity index (χ4v) is 1.86. The number of nitrogens with zero attached hydrogens (tertiary/aromatic N) is 1. The molecule has 0 bridgehead atoms. The summed E-state index contributed by atoms with van der Waals surface area (Å²) in [6.07, 6.45) is 0. The van der Waals surface area contributed by atoms with Crippen LogP contribution in [0.2, 0.25) is 0 Å². The zero-order valence-corrected chi connectivity index (χ0v) is 9.41. The van der Waals surface area contributed by atoms with Crippen LogP contribution in [0.4, 0.5) is 0 Å². The van der Waals surface area contributed by atoms with E-state index in [1.165, 1.54) is 19.1 Å². The van der Waals surface area contributed by atoms with Crippen LogP contribution in [-0.4, -0.2) is 39.6 Å². The van der Waals surface area contributed by atoms with Crippen molar-refractivity contribution in [2.24, 2.45) is 0 Å². The van der Waals surface area contributed by atoms with Gasteiger partial charge >= 0.3 is 5.97 Å².